The first-order chi connectivity index (χ1) is 8.74. The maximum Gasteiger partial charge on any atom is 0.216 e. The second-order valence-corrected chi connectivity index (χ2v) is 4.87. The average molecular weight is 238 g/mol. The third-order valence-electron chi connectivity index (χ3n) is 3.30. The highest BCUT2D eigenvalue weighted by molar-refractivity contribution is 6.86. The van der Waals surface area contributed by atoms with Crippen LogP contribution in [0.25, 0.3) is 0 Å². The van der Waals surface area contributed by atoms with E-state index in [0.29, 0.717) is 12.5 Å². The van der Waals surface area contributed by atoms with E-state index >= 15 is 0 Å². The van der Waals surface area contributed by atoms with Crippen LogP contribution in [-0.4, -0.2) is 13.8 Å². The van der Waals surface area contributed by atoms with E-state index in [4.69, 9.17) is 4.74 Å². The minimum Gasteiger partial charge on any atom is -0.497 e. The van der Waals surface area contributed by atoms with Gasteiger partial charge in [-0.15, -0.1) is 0 Å². The van der Waals surface area contributed by atoms with Crippen LogP contribution in [0, 0.1) is 0 Å². The van der Waals surface area contributed by atoms with Gasteiger partial charge in [-0.05, 0) is 11.5 Å². The zero-order chi connectivity index (χ0) is 13.0. The predicted octanol–water partition coefficient (Wildman–Crippen LogP) is 2.71. The van der Waals surface area contributed by atoms with Crippen LogP contribution in [-0.2, 0) is 0 Å². The fraction of sp³-hybridized carbons (Fsp3) is 0.250. The monoisotopic (exact) mass is 238 g/mol. The van der Waals surface area contributed by atoms with Crippen molar-refractivity contribution in [1.29, 1.82) is 0 Å². The van der Waals surface area contributed by atoms with Crippen molar-refractivity contribution in [2.45, 2.75) is 19.7 Å². The molecule has 2 heteroatoms. The van der Waals surface area contributed by atoms with Crippen molar-refractivity contribution in [2.75, 3.05) is 7.11 Å². The normalized spacial score (nSPS) is 10.4. The van der Waals surface area contributed by atoms with Gasteiger partial charge in [0.05, 0.1) is 7.11 Å². The summed E-state index contributed by atoms with van der Waals surface area (Å²) in [5.74, 6) is 1.50. The van der Waals surface area contributed by atoms with Crippen molar-refractivity contribution in [1.82, 2.24) is 0 Å². The van der Waals surface area contributed by atoms with E-state index in [2.05, 4.69) is 56.3 Å². The maximum atomic E-state index is 5.50. The summed E-state index contributed by atoms with van der Waals surface area (Å²) in [5, 5.41) is 0. The van der Waals surface area contributed by atoms with Gasteiger partial charge in [0.1, 0.15) is 5.75 Å². The first-order valence-electron chi connectivity index (χ1n) is 6.42. The van der Waals surface area contributed by atoms with Crippen LogP contribution in [0.2, 0.25) is 5.82 Å². The first kappa shape index (κ1) is 12.8. The summed E-state index contributed by atoms with van der Waals surface area (Å²) in [6.07, 6.45) is 0. The lowest BCUT2D eigenvalue weighted by atomic mass is 9.34. The van der Waals surface area contributed by atoms with Crippen molar-refractivity contribution < 1.29 is 4.74 Å². The Morgan fingerprint density at radius 2 is 1.50 bits per heavy atom. The van der Waals surface area contributed by atoms with Gasteiger partial charge in [0, 0.05) is 0 Å². The van der Waals surface area contributed by atoms with Crippen molar-refractivity contribution in [3.8, 4) is 5.75 Å². The van der Waals surface area contributed by atoms with E-state index < -0.39 is 0 Å². The number of benzene rings is 2. The van der Waals surface area contributed by atoms with E-state index in [-0.39, 0.29) is 0 Å². The molecule has 0 radical (unpaired) electrons. The molecule has 0 fully saturated rings. The fourth-order valence-corrected chi connectivity index (χ4v) is 2.51. The number of ether oxygens (including phenoxy) is 1. The van der Waals surface area contributed by atoms with Crippen LogP contribution < -0.4 is 15.7 Å². The molecule has 0 aliphatic heterocycles. The van der Waals surface area contributed by atoms with Gasteiger partial charge >= 0.3 is 0 Å². The van der Waals surface area contributed by atoms with Crippen LogP contribution in [0.4, 0.5) is 0 Å². The molecule has 0 bridgehead atoms. The largest absolute Gasteiger partial charge is 0.497 e. The second kappa shape index (κ2) is 5.77. The van der Waals surface area contributed by atoms with E-state index in [1.807, 2.05) is 12.1 Å². The predicted molar refractivity (Wildman–Crippen MR) is 79.6 cm³/mol. The molecule has 0 heterocycles. The summed E-state index contributed by atoms with van der Waals surface area (Å²) in [7, 11) is 1.74. The highest BCUT2D eigenvalue weighted by Gasteiger charge is 2.25. The Morgan fingerprint density at radius 3 is 2.11 bits per heavy atom. The van der Waals surface area contributed by atoms with Crippen LogP contribution >= 0.6 is 0 Å². The van der Waals surface area contributed by atoms with Gasteiger partial charge < -0.3 is 4.74 Å². The van der Waals surface area contributed by atoms with Gasteiger partial charge in [0.15, 0.2) is 0 Å². The third kappa shape index (κ3) is 2.58. The number of hydrogen-bond acceptors (Lipinski definition) is 1. The van der Waals surface area contributed by atoms with Gasteiger partial charge in [-0.2, -0.15) is 0 Å². The summed E-state index contributed by atoms with van der Waals surface area (Å²) >= 11 is 0. The molecule has 0 aromatic heterocycles. The molecule has 0 spiro atoms. The average Bonchev–Trinajstić information content (AvgIpc) is 2.40. The van der Waals surface area contributed by atoms with Crippen LogP contribution in [0.1, 0.15) is 13.8 Å². The van der Waals surface area contributed by atoms with Gasteiger partial charge in [-0.25, -0.2) is 0 Å². The molecule has 0 aliphatic carbocycles. The molecule has 2 rings (SSSR count). The Labute approximate surface area is 110 Å². The minimum absolute atomic E-state index is 0.377. The summed E-state index contributed by atoms with van der Waals surface area (Å²) < 4.78 is 5.50. The van der Waals surface area contributed by atoms with Crippen LogP contribution in [0.3, 0.4) is 0 Å². The van der Waals surface area contributed by atoms with Gasteiger partial charge in [-0.1, -0.05) is 73.7 Å². The molecule has 0 saturated heterocycles. The SMILES string of the molecule is COc1ccccc1B(c1ccccc1)C(C)C. The molecule has 0 atom stereocenters. The summed E-state index contributed by atoms with van der Waals surface area (Å²) in [6.45, 7) is 4.89. The Morgan fingerprint density at radius 1 is 0.889 bits per heavy atom. The molecule has 0 amide bonds. The Hall–Kier alpha value is -1.70. The molecule has 1 nitrogen and oxygen atoms in total. The molecule has 18 heavy (non-hydrogen) atoms. The Bertz CT molecular complexity index is 493. The molecular formula is C16H19BO. The zero-order valence-corrected chi connectivity index (χ0v) is 11.3. The minimum atomic E-state index is 0.377. The Kier molecular flexibility index (Phi) is 4.09. The third-order valence-corrected chi connectivity index (χ3v) is 3.30. The molecule has 92 valence electrons. The van der Waals surface area contributed by atoms with Crippen molar-refractivity contribution in [2.24, 2.45) is 0 Å². The molecule has 0 unspecified atom stereocenters. The first-order valence-corrected chi connectivity index (χ1v) is 6.42. The molecule has 0 saturated carbocycles. The van der Waals surface area contributed by atoms with E-state index in [0.717, 1.165) is 5.75 Å². The number of para-hydroxylation sites is 1. The van der Waals surface area contributed by atoms with Crippen LogP contribution in [0.15, 0.2) is 54.6 Å². The van der Waals surface area contributed by atoms with E-state index in [1.165, 1.54) is 10.9 Å². The topological polar surface area (TPSA) is 9.23 Å². The summed E-state index contributed by atoms with van der Waals surface area (Å²) in [5.41, 5.74) is 2.61. The maximum absolute atomic E-state index is 5.50. The highest BCUT2D eigenvalue weighted by Crippen LogP contribution is 2.14. The van der Waals surface area contributed by atoms with Crippen molar-refractivity contribution >= 4 is 17.6 Å². The van der Waals surface area contributed by atoms with Gasteiger partial charge in [-0.3, -0.25) is 0 Å². The molecular weight excluding hydrogens is 219 g/mol. The number of rotatable bonds is 4. The van der Waals surface area contributed by atoms with Gasteiger partial charge in [0.2, 0.25) is 6.71 Å². The standard InChI is InChI=1S/C16H19BO/c1-13(2)17(14-9-5-4-6-10-14)15-11-7-8-12-16(15)18-3/h4-13H,1-3H3. The van der Waals surface area contributed by atoms with Crippen molar-refractivity contribution in [3.05, 3.63) is 54.6 Å². The van der Waals surface area contributed by atoms with E-state index in [1.54, 1.807) is 7.11 Å². The van der Waals surface area contributed by atoms with Crippen molar-refractivity contribution in [3.63, 3.8) is 0 Å². The molecule has 2 aromatic carbocycles. The second-order valence-electron chi connectivity index (χ2n) is 4.87. The lowest BCUT2D eigenvalue weighted by molar-refractivity contribution is 0.418. The van der Waals surface area contributed by atoms with Gasteiger partial charge in [0.25, 0.3) is 0 Å². The molecule has 2 aromatic rings. The van der Waals surface area contributed by atoms with Crippen LogP contribution in [0.5, 0.6) is 5.75 Å². The molecule has 0 N–H and O–H groups in total. The van der Waals surface area contributed by atoms with E-state index in [9.17, 15) is 0 Å². The fourth-order valence-electron chi connectivity index (χ4n) is 2.51. The Balaban J connectivity index is 2.49. The zero-order valence-electron chi connectivity index (χ0n) is 11.3. The smallest absolute Gasteiger partial charge is 0.216 e. The summed E-state index contributed by atoms with van der Waals surface area (Å²) in [6, 6.07) is 18.9. The molecule has 0 aliphatic rings. The number of hydrogen-bond donors (Lipinski definition) is 0. The quantitative estimate of drug-likeness (QED) is 0.744. The summed E-state index contributed by atoms with van der Waals surface area (Å²) in [4.78, 5) is 0. The number of methoxy groups -OCH3 is 1. The highest BCUT2D eigenvalue weighted by atomic mass is 16.5. The lowest BCUT2D eigenvalue weighted by Crippen LogP contribution is -2.45. The lowest BCUT2D eigenvalue weighted by Gasteiger charge is -2.20.